The fraction of sp³-hybridized carbons (Fsp3) is 0.182. The van der Waals surface area contributed by atoms with Crippen LogP contribution in [-0.2, 0) is 9.59 Å². The minimum absolute atomic E-state index is 0.198. The van der Waals surface area contributed by atoms with Crippen LogP contribution in [0.4, 0.5) is 0 Å². The lowest BCUT2D eigenvalue weighted by molar-refractivity contribution is -0.141. The number of rotatable bonds is 3. The number of carbonyl (C=O) groups is 2. The monoisotopic (exact) mass is 234 g/mol. The van der Waals surface area contributed by atoms with Crippen molar-refractivity contribution < 1.29 is 19.2 Å². The number of hydrogen-bond acceptors (Lipinski definition) is 4. The molecule has 0 aliphatic rings. The van der Waals surface area contributed by atoms with E-state index >= 15 is 0 Å². The standard InChI is InChI=1S/C11H10N2O4/c1-6(14)12-10(11(15)16)9-7-4-2-3-5-8(7)17-13-9/h2-5,10H,1H3,(H,12,14)(H,15,16). The van der Waals surface area contributed by atoms with Gasteiger partial charge in [-0.15, -0.1) is 0 Å². The molecule has 0 radical (unpaired) electrons. The number of nitrogens with zero attached hydrogens (tertiary/aromatic N) is 1. The molecule has 1 heterocycles. The fourth-order valence-electron chi connectivity index (χ4n) is 1.56. The molecule has 0 fully saturated rings. The first kappa shape index (κ1) is 11.1. The van der Waals surface area contributed by atoms with Gasteiger partial charge in [0.15, 0.2) is 11.6 Å². The maximum absolute atomic E-state index is 11.1. The van der Waals surface area contributed by atoms with Gasteiger partial charge in [0, 0.05) is 12.3 Å². The highest BCUT2D eigenvalue weighted by atomic mass is 16.5. The van der Waals surface area contributed by atoms with Crippen LogP contribution in [0.15, 0.2) is 28.8 Å². The number of carbonyl (C=O) groups excluding carboxylic acids is 1. The smallest absolute Gasteiger partial charge is 0.332 e. The average molecular weight is 234 g/mol. The third kappa shape index (κ3) is 2.10. The zero-order chi connectivity index (χ0) is 12.4. The Balaban J connectivity index is 2.48. The van der Waals surface area contributed by atoms with Gasteiger partial charge in [0.1, 0.15) is 5.69 Å². The lowest BCUT2D eigenvalue weighted by atomic mass is 10.1. The van der Waals surface area contributed by atoms with Gasteiger partial charge in [0.25, 0.3) is 0 Å². The molecule has 2 aromatic rings. The molecule has 1 unspecified atom stereocenters. The van der Waals surface area contributed by atoms with Crippen LogP contribution in [0.5, 0.6) is 0 Å². The van der Waals surface area contributed by atoms with Gasteiger partial charge in [-0.1, -0.05) is 17.3 Å². The van der Waals surface area contributed by atoms with Crippen molar-refractivity contribution in [1.82, 2.24) is 10.5 Å². The highest BCUT2D eigenvalue weighted by Crippen LogP contribution is 2.23. The molecule has 0 spiro atoms. The summed E-state index contributed by atoms with van der Waals surface area (Å²) < 4.78 is 5.00. The van der Waals surface area contributed by atoms with Crippen molar-refractivity contribution in [3.63, 3.8) is 0 Å². The van der Waals surface area contributed by atoms with Crippen molar-refractivity contribution in [2.45, 2.75) is 13.0 Å². The third-order valence-corrected chi connectivity index (χ3v) is 2.27. The zero-order valence-electron chi connectivity index (χ0n) is 9.01. The van der Waals surface area contributed by atoms with E-state index in [0.29, 0.717) is 11.0 Å². The van der Waals surface area contributed by atoms with Crippen LogP contribution in [0.2, 0.25) is 0 Å². The quantitative estimate of drug-likeness (QED) is 0.829. The second kappa shape index (κ2) is 4.25. The molecular formula is C11H10N2O4. The molecule has 0 saturated heterocycles. The van der Waals surface area contributed by atoms with Crippen molar-refractivity contribution in [1.29, 1.82) is 0 Å². The van der Waals surface area contributed by atoms with E-state index < -0.39 is 17.9 Å². The van der Waals surface area contributed by atoms with Crippen LogP contribution >= 0.6 is 0 Å². The zero-order valence-corrected chi connectivity index (χ0v) is 9.01. The molecular weight excluding hydrogens is 224 g/mol. The Labute approximate surface area is 96.2 Å². The maximum atomic E-state index is 11.1. The molecule has 6 nitrogen and oxygen atoms in total. The van der Waals surface area contributed by atoms with Crippen LogP contribution in [0.3, 0.4) is 0 Å². The second-order valence-electron chi connectivity index (χ2n) is 3.54. The van der Waals surface area contributed by atoms with E-state index in [1.165, 1.54) is 6.92 Å². The van der Waals surface area contributed by atoms with Gasteiger partial charge < -0.3 is 14.9 Å². The summed E-state index contributed by atoms with van der Waals surface area (Å²) in [6.45, 7) is 1.25. The molecule has 17 heavy (non-hydrogen) atoms. The van der Waals surface area contributed by atoms with E-state index in [0.717, 1.165) is 0 Å². The van der Waals surface area contributed by atoms with E-state index in [1.54, 1.807) is 24.3 Å². The Morgan fingerprint density at radius 1 is 1.41 bits per heavy atom. The molecule has 1 aromatic heterocycles. The molecule has 88 valence electrons. The van der Waals surface area contributed by atoms with E-state index in [1.807, 2.05) is 0 Å². The highest BCUT2D eigenvalue weighted by Gasteiger charge is 2.26. The summed E-state index contributed by atoms with van der Waals surface area (Å²) in [5, 5.41) is 15.6. The Bertz CT molecular complexity index is 576. The average Bonchev–Trinajstić information content (AvgIpc) is 2.69. The van der Waals surface area contributed by atoms with Gasteiger partial charge in [-0.05, 0) is 12.1 Å². The predicted molar refractivity (Wildman–Crippen MR) is 58.2 cm³/mol. The summed E-state index contributed by atoms with van der Waals surface area (Å²) in [4.78, 5) is 22.0. The predicted octanol–water partition coefficient (Wildman–Crippen LogP) is 1.09. The summed E-state index contributed by atoms with van der Waals surface area (Å²) in [6, 6.07) is 5.68. The van der Waals surface area contributed by atoms with Gasteiger partial charge in [-0.25, -0.2) is 4.79 Å². The summed E-state index contributed by atoms with van der Waals surface area (Å²) >= 11 is 0. The minimum Gasteiger partial charge on any atom is -0.479 e. The molecule has 1 atom stereocenters. The molecule has 0 saturated carbocycles. The molecule has 6 heteroatoms. The van der Waals surface area contributed by atoms with Crippen molar-refractivity contribution in [2.75, 3.05) is 0 Å². The number of amides is 1. The van der Waals surface area contributed by atoms with Gasteiger partial charge >= 0.3 is 5.97 Å². The van der Waals surface area contributed by atoms with Crippen LogP contribution in [-0.4, -0.2) is 22.1 Å². The van der Waals surface area contributed by atoms with Crippen molar-refractivity contribution >= 4 is 22.8 Å². The molecule has 0 bridgehead atoms. The highest BCUT2D eigenvalue weighted by molar-refractivity contribution is 5.89. The largest absolute Gasteiger partial charge is 0.479 e. The summed E-state index contributed by atoms with van der Waals surface area (Å²) in [6.07, 6.45) is 0. The Kier molecular flexibility index (Phi) is 2.78. The molecule has 0 aliphatic carbocycles. The topological polar surface area (TPSA) is 92.4 Å². The van der Waals surface area contributed by atoms with Crippen molar-refractivity contribution in [3.8, 4) is 0 Å². The van der Waals surface area contributed by atoms with Crippen molar-refractivity contribution in [2.24, 2.45) is 0 Å². The van der Waals surface area contributed by atoms with Gasteiger partial charge in [-0.2, -0.15) is 0 Å². The summed E-state index contributed by atoms with van der Waals surface area (Å²) in [7, 11) is 0. The summed E-state index contributed by atoms with van der Waals surface area (Å²) in [5.41, 5.74) is 0.683. The second-order valence-corrected chi connectivity index (χ2v) is 3.54. The molecule has 2 N–H and O–H groups in total. The normalized spacial score (nSPS) is 12.3. The fourth-order valence-corrected chi connectivity index (χ4v) is 1.56. The summed E-state index contributed by atoms with van der Waals surface area (Å²) in [5.74, 6) is -1.62. The van der Waals surface area contributed by atoms with Crippen molar-refractivity contribution in [3.05, 3.63) is 30.0 Å². The maximum Gasteiger partial charge on any atom is 0.332 e. The van der Waals surface area contributed by atoms with Gasteiger partial charge in [0.05, 0.1) is 0 Å². The van der Waals surface area contributed by atoms with Gasteiger partial charge in [-0.3, -0.25) is 4.79 Å². The van der Waals surface area contributed by atoms with Crippen LogP contribution in [0.1, 0.15) is 18.7 Å². The lowest BCUT2D eigenvalue weighted by Crippen LogP contribution is -2.32. The van der Waals surface area contributed by atoms with Crippen LogP contribution in [0, 0.1) is 0 Å². The Morgan fingerprint density at radius 3 is 2.76 bits per heavy atom. The Morgan fingerprint density at radius 2 is 2.12 bits per heavy atom. The number of carboxylic acids is 1. The lowest BCUT2D eigenvalue weighted by Gasteiger charge is -2.09. The number of nitrogens with one attached hydrogen (secondary N) is 1. The van der Waals surface area contributed by atoms with E-state index in [-0.39, 0.29) is 5.69 Å². The molecule has 2 rings (SSSR count). The number of aliphatic carboxylic acids is 1. The number of fused-ring (bicyclic) bond motifs is 1. The van der Waals surface area contributed by atoms with Crippen LogP contribution < -0.4 is 5.32 Å². The van der Waals surface area contributed by atoms with E-state index in [4.69, 9.17) is 9.63 Å². The molecule has 0 aliphatic heterocycles. The first-order chi connectivity index (χ1) is 8.09. The van der Waals surface area contributed by atoms with E-state index in [9.17, 15) is 9.59 Å². The number of aromatic nitrogens is 1. The number of para-hydroxylation sites is 1. The first-order valence-electron chi connectivity index (χ1n) is 4.94. The number of hydrogen-bond donors (Lipinski definition) is 2. The van der Waals surface area contributed by atoms with E-state index in [2.05, 4.69) is 10.5 Å². The third-order valence-electron chi connectivity index (χ3n) is 2.27. The minimum atomic E-state index is -1.20. The molecule has 1 aromatic carbocycles. The number of benzene rings is 1. The SMILES string of the molecule is CC(=O)NC(C(=O)O)c1noc2ccccc12. The van der Waals surface area contributed by atoms with Gasteiger partial charge in [0.2, 0.25) is 5.91 Å². The first-order valence-corrected chi connectivity index (χ1v) is 4.94. The Hall–Kier alpha value is -2.37. The van der Waals surface area contributed by atoms with Crippen LogP contribution in [0.25, 0.3) is 11.0 Å². The number of carboxylic acid groups (broad SMARTS) is 1. The molecule has 1 amide bonds.